The number of hydrogen-bond donors (Lipinski definition) is 1. The number of sulfone groups is 1. The van der Waals surface area contributed by atoms with E-state index in [0.717, 1.165) is 6.26 Å². The maximum atomic E-state index is 10.8. The third kappa shape index (κ3) is 7.48. The van der Waals surface area contributed by atoms with Crippen LogP contribution in [0, 0.1) is 0 Å². The molecule has 0 fully saturated rings. The minimum Gasteiger partial charge on any atom is -0.313 e. The first kappa shape index (κ1) is 10.6. The van der Waals surface area contributed by atoms with Crippen LogP contribution in [-0.2, 0) is 14.6 Å². The van der Waals surface area contributed by atoms with E-state index in [4.69, 9.17) is 0 Å². The first-order valence-corrected chi connectivity index (χ1v) is 5.36. The Labute approximate surface area is 66.9 Å². The molecule has 11 heavy (non-hydrogen) atoms. The van der Waals surface area contributed by atoms with Gasteiger partial charge in [-0.1, -0.05) is 0 Å². The van der Waals surface area contributed by atoms with Gasteiger partial charge in [-0.25, -0.2) is 8.42 Å². The zero-order valence-electron chi connectivity index (χ0n) is 6.75. The summed E-state index contributed by atoms with van der Waals surface area (Å²) in [5, 5.41) is 2.66. The quantitative estimate of drug-likeness (QED) is 0.600. The molecule has 0 aliphatic carbocycles. The second kappa shape index (κ2) is 4.46. The zero-order chi connectivity index (χ0) is 8.91. The fraction of sp³-hybridized carbons (Fsp3) is 0.833. The second-order valence-electron chi connectivity index (χ2n) is 2.45. The Hall–Kier alpha value is -0.420. The van der Waals surface area contributed by atoms with Crippen LogP contribution in [-0.4, -0.2) is 39.8 Å². The molecular weight excluding hydrogens is 166 g/mol. The van der Waals surface area contributed by atoms with Crippen LogP contribution in [0.4, 0.5) is 0 Å². The van der Waals surface area contributed by atoms with Gasteiger partial charge < -0.3 is 5.32 Å². The third-order valence-electron chi connectivity index (χ3n) is 1.13. The van der Waals surface area contributed by atoms with Crippen molar-refractivity contribution in [3.05, 3.63) is 0 Å². The first-order valence-electron chi connectivity index (χ1n) is 3.30. The highest BCUT2D eigenvalue weighted by molar-refractivity contribution is 7.90. The predicted octanol–water partition coefficient (Wildman–Crippen LogP) is -0.790. The first-order chi connectivity index (χ1) is 4.95. The SMILES string of the molecule is CNCC(=O)CCS(C)(=O)=O. The molecule has 0 radical (unpaired) electrons. The lowest BCUT2D eigenvalue weighted by atomic mass is 10.3. The van der Waals surface area contributed by atoms with Gasteiger partial charge in [-0.15, -0.1) is 0 Å². The maximum absolute atomic E-state index is 10.8. The van der Waals surface area contributed by atoms with Gasteiger partial charge in [0.05, 0.1) is 12.3 Å². The lowest BCUT2D eigenvalue weighted by molar-refractivity contribution is -0.117. The van der Waals surface area contributed by atoms with Crippen molar-refractivity contribution in [2.75, 3.05) is 25.6 Å². The Morgan fingerprint density at radius 3 is 2.36 bits per heavy atom. The van der Waals surface area contributed by atoms with E-state index < -0.39 is 9.84 Å². The molecular formula is C6H13NO3S. The number of hydrogen-bond acceptors (Lipinski definition) is 4. The number of carbonyl (C=O) groups excluding carboxylic acids is 1. The lowest BCUT2D eigenvalue weighted by Gasteiger charge is -1.97. The molecule has 0 aromatic heterocycles. The van der Waals surface area contributed by atoms with Crippen LogP contribution in [0.2, 0.25) is 0 Å². The molecule has 0 unspecified atom stereocenters. The number of ketones is 1. The molecule has 0 aromatic carbocycles. The summed E-state index contributed by atoms with van der Waals surface area (Å²) in [6.07, 6.45) is 1.24. The van der Waals surface area contributed by atoms with Crippen molar-refractivity contribution < 1.29 is 13.2 Å². The Morgan fingerprint density at radius 1 is 1.45 bits per heavy atom. The van der Waals surface area contributed by atoms with Crippen LogP contribution in [0.25, 0.3) is 0 Å². The van der Waals surface area contributed by atoms with Gasteiger partial charge in [0.2, 0.25) is 0 Å². The molecule has 0 atom stereocenters. The summed E-state index contributed by atoms with van der Waals surface area (Å²) in [6, 6.07) is 0. The number of carbonyl (C=O) groups is 1. The van der Waals surface area contributed by atoms with Gasteiger partial charge in [-0.05, 0) is 7.05 Å². The van der Waals surface area contributed by atoms with E-state index in [9.17, 15) is 13.2 Å². The largest absolute Gasteiger partial charge is 0.313 e. The minimum atomic E-state index is -2.99. The predicted molar refractivity (Wildman–Crippen MR) is 43.3 cm³/mol. The van der Waals surface area contributed by atoms with Crippen LogP contribution in [0.3, 0.4) is 0 Å². The smallest absolute Gasteiger partial charge is 0.147 e. The molecule has 1 N–H and O–H groups in total. The lowest BCUT2D eigenvalue weighted by Crippen LogP contribution is -2.20. The van der Waals surface area contributed by atoms with E-state index in [2.05, 4.69) is 5.32 Å². The van der Waals surface area contributed by atoms with E-state index in [0.29, 0.717) is 0 Å². The van der Waals surface area contributed by atoms with Crippen molar-refractivity contribution in [2.24, 2.45) is 0 Å². The third-order valence-corrected chi connectivity index (χ3v) is 2.07. The highest BCUT2D eigenvalue weighted by atomic mass is 32.2. The van der Waals surface area contributed by atoms with Gasteiger partial charge in [-0.2, -0.15) is 0 Å². The molecule has 4 nitrogen and oxygen atoms in total. The standard InChI is InChI=1S/C6H13NO3S/c1-7-5-6(8)3-4-11(2,9)10/h7H,3-5H2,1-2H3. The van der Waals surface area contributed by atoms with Gasteiger partial charge in [0, 0.05) is 12.7 Å². The monoisotopic (exact) mass is 179 g/mol. The summed E-state index contributed by atoms with van der Waals surface area (Å²) in [5.74, 6) is -0.119. The number of nitrogens with one attached hydrogen (secondary N) is 1. The highest BCUT2D eigenvalue weighted by Crippen LogP contribution is 1.89. The molecule has 0 saturated heterocycles. The van der Waals surface area contributed by atoms with Crippen LogP contribution in [0.5, 0.6) is 0 Å². The summed E-state index contributed by atoms with van der Waals surface area (Å²) in [5.41, 5.74) is 0. The molecule has 0 rings (SSSR count). The fourth-order valence-electron chi connectivity index (χ4n) is 0.585. The number of rotatable bonds is 5. The van der Waals surface area contributed by atoms with E-state index in [1.807, 2.05) is 0 Å². The van der Waals surface area contributed by atoms with Crippen molar-refractivity contribution in [1.29, 1.82) is 0 Å². The molecule has 0 aromatic rings. The van der Waals surface area contributed by atoms with E-state index in [-0.39, 0.29) is 24.5 Å². The fourth-order valence-corrected chi connectivity index (χ4v) is 1.18. The van der Waals surface area contributed by atoms with Crippen molar-refractivity contribution in [1.82, 2.24) is 5.32 Å². The Morgan fingerprint density at radius 2 is 2.00 bits per heavy atom. The summed E-state index contributed by atoms with van der Waals surface area (Å²) in [7, 11) is -1.33. The van der Waals surface area contributed by atoms with Crippen molar-refractivity contribution >= 4 is 15.6 Å². The maximum Gasteiger partial charge on any atom is 0.147 e. The molecule has 0 heterocycles. The van der Waals surface area contributed by atoms with Crippen molar-refractivity contribution in [3.63, 3.8) is 0 Å². The van der Waals surface area contributed by atoms with E-state index in [1.54, 1.807) is 7.05 Å². The van der Waals surface area contributed by atoms with Gasteiger partial charge in [-0.3, -0.25) is 4.79 Å². The van der Waals surface area contributed by atoms with Crippen LogP contribution >= 0.6 is 0 Å². The number of Topliss-reactive ketones (excluding diaryl/α,β-unsaturated/α-hetero) is 1. The molecule has 0 aliphatic rings. The van der Waals surface area contributed by atoms with E-state index in [1.165, 1.54) is 0 Å². The summed E-state index contributed by atoms with van der Waals surface area (Å²) < 4.78 is 21.1. The van der Waals surface area contributed by atoms with Crippen molar-refractivity contribution in [3.8, 4) is 0 Å². The van der Waals surface area contributed by atoms with Gasteiger partial charge in [0.1, 0.15) is 15.6 Å². The molecule has 0 aliphatic heterocycles. The normalized spacial score (nSPS) is 11.5. The van der Waals surface area contributed by atoms with Crippen LogP contribution in [0.1, 0.15) is 6.42 Å². The molecule has 0 bridgehead atoms. The molecule has 0 amide bonds. The van der Waals surface area contributed by atoms with Gasteiger partial charge >= 0.3 is 0 Å². The van der Waals surface area contributed by atoms with Gasteiger partial charge in [0.25, 0.3) is 0 Å². The average Bonchev–Trinajstić information content (AvgIpc) is 1.83. The highest BCUT2D eigenvalue weighted by Gasteiger charge is 2.06. The zero-order valence-corrected chi connectivity index (χ0v) is 7.57. The minimum absolute atomic E-state index is 0.0481. The Kier molecular flexibility index (Phi) is 4.29. The number of likely N-dealkylation sites (N-methyl/N-ethyl adjacent to an activating group) is 1. The summed E-state index contributed by atoms with van der Waals surface area (Å²) >= 11 is 0. The average molecular weight is 179 g/mol. The molecule has 5 heteroatoms. The molecule has 0 spiro atoms. The molecule has 66 valence electrons. The second-order valence-corrected chi connectivity index (χ2v) is 4.71. The van der Waals surface area contributed by atoms with Crippen LogP contribution in [0.15, 0.2) is 0 Å². The van der Waals surface area contributed by atoms with Crippen molar-refractivity contribution in [2.45, 2.75) is 6.42 Å². The van der Waals surface area contributed by atoms with Crippen LogP contribution < -0.4 is 5.32 Å². The summed E-state index contributed by atoms with van der Waals surface area (Å²) in [6.45, 7) is 0.246. The topological polar surface area (TPSA) is 63.2 Å². The van der Waals surface area contributed by atoms with Gasteiger partial charge in [0.15, 0.2) is 0 Å². The summed E-state index contributed by atoms with van der Waals surface area (Å²) in [4.78, 5) is 10.8. The Bertz CT molecular complexity index is 220. The van der Waals surface area contributed by atoms with E-state index >= 15 is 0 Å². The molecule has 0 saturated carbocycles. The Balaban J connectivity index is 3.64.